The number of rotatable bonds is 4. The predicted octanol–water partition coefficient (Wildman–Crippen LogP) is 3.04. The van der Waals surface area contributed by atoms with Gasteiger partial charge in [0.2, 0.25) is 0 Å². The summed E-state index contributed by atoms with van der Waals surface area (Å²) in [5.74, 6) is -0.491. The second-order valence-electron chi connectivity index (χ2n) is 5.81. The first-order valence-electron chi connectivity index (χ1n) is 7.13. The zero-order valence-corrected chi connectivity index (χ0v) is 12.0. The molecule has 0 spiro atoms. The molecule has 20 heavy (non-hydrogen) atoms. The minimum absolute atomic E-state index is 0.0451. The van der Waals surface area contributed by atoms with Crippen molar-refractivity contribution in [1.82, 2.24) is 4.90 Å². The van der Waals surface area contributed by atoms with Gasteiger partial charge in [-0.1, -0.05) is 19.9 Å². The Kier molecular flexibility index (Phi) is 4.42. The van der Waals surface area contributed by atoms with E-state index in [1.54, 1.807) is 12.1 Å². The van der Waals surface area contributed by atoms with Gasteiger partial charge in [-0.05, 0) is 43.4 Å². The number of aromatic carboxylic acids is 1. The van der Waals surface area contributed by atoms with Gasteiger partial charge in [-0.3, -0.25) is 4.79 Å². The van der Waals surface area contributed by atoms with Crippen LogP contribution in [0.15, 0.2) is 24.3 Å². The van der Waals surface area contributed by atoms with E-state index in [0.29, 0.717) is 11.5 Å². The van der Waals surface area contributed by atoms with Crippen LogP contribution < -0.4 is 0 Å². The largest absolute Gasteiger partial charge is 0.478 e. The number of carboxylic acids is 1. The molecule has 0 saturated carbocycles. The Labute approximate surface area is 119 Å². The van der Waals surface area contributed by atoms with Crippen molar-refractivity contribution >= 4 is 11.9 Å². The van der Waals surface area contributed by atoms with Crippen molar-refractivity contribution in [2.24, 2.45) is 5.92 Å². The van der Waals surface area contributed by atoms with Gasteiger partial charge in [-0.2, -0.15) is 0 Å². The first kappa shape index (κ1) is 14.6. The molecule has 4 heteroatoms. The molecule has 2 rings (SSSR count). The van der Waals surface area contributed by atoms with E-state index in [-0.39, 0.29) is 17.5 Å². The summed E-state index contributed by atoms with van der Waals surface area (Å²) in [5, 5.41) is 9.00. The average molecular weight is 275 g/mol. The molecule has 108 valence electrons. The monoisotopic (exact) mass is 275 g/mol. The van der Waals surface area contributed by atoms with Crippen LogP contribution in [0.1, 0.15) is 53.8 Å². The molecule has 1 aliphatic rings. The van der Waals surface area contributed by atoms with E-state index in [2.05, 4.69) is 13.8 Å². The third-order valence-corrected chi connectivity index (χ3v) is 3.74. The molecule has 1 saturated heterocycles. The molecule has 0 radical (unpaired) electrons. The van der Waals surface area contributed by atoms with Crippen molar-refractivity contribution < 1.29 is 14.7 Å². The Balaban J connectivity index is 2.18. The molecule has 0 bridgehead atoms. The normalized spacial score (nSPS) is 18.6. The maximum absolute atomic E-state index is 12.5. The van der Waals surface area contributed by atoms with E-state index >= 15 is 0 Å². The second kappa shape index (κ2) is 6.07. The van der Waals surface area contributed by atoms with E-state index in [1.165, 1.54) is 12.1 Å². The second-order valence-corrected chi connectivity index (χ2v) is 5.81. The van der Waals surface area contributed by atoms with Crippen LogP contribution in [0.25, 0.3) is 0 Å². The molecule has 1 heterocycles. The SMILES string of the molecule is CC(C)C[C@H]1CCCN1C(=O)c1cccc(C(=O)O)c1. The van der Waals surface area contributed by atoms with E-state index in [0.717, 1.165) is 25.8 Å². The minimum atomic E-state index is -1.00. The van der Waals surface area contributed by atoms with Crippen LogP contribution in [0.4, 0.5) is 0 Å². The highest BCUT2D eigenvalue weighted by atomic mass is 16.4. The summed E-state index contributed by atoms with van der Waals surface area (Å²) in [4.78, 5) is 25.4. The number of carbonyl (C=O) groups is 2. The molecule has 1 aromatic rings. The lowest BCUT2D eigenvalue weighted by atomic mass is 10.0. The Morgan fingerprint density at radius 2 is 2.05 bits per heavy atom. The van der Waals surface area contributed by atoms with Gasteiger partial charge in [0.15, 0.2) is 0 Å². The summed E-state index contributed by atoms with van der Waals surface area (Å²) < 4.78 is 0. The van der Waals surface area contributed by atoms with Crippen LogP contribution in [-0.4, -0.2) is 34.5 Å². The Bertz CT molecular complexity index is 510. The number of carbonyl (C=O) groups excluding carboxylic acids is 1. The third-order valence-electron chi connectivity index (χ3n) is 3.74. The van der Waals surface area contributed by atoms with Crippen LogP contribution in [0, 0.1) is 5.92 Å². The van der Waals surface area contributed by atoms with Crippen LogP contribution in [0.2, 0.25) is 0 Å². The smallest absolute Gasteiger partial charge is 0.335 e. The Morgan fingerprint density at radius 3 is 2.70 bits per heavy atom. The van der Waals surface area contributed by atoms with E-state index in [1.807, 2.05) is 4.90 Å². The molecule has 0 aliphatic carbocycles. The first-order valence-corrected chi connectivity index (χ1v) is 7.13. The number of benzene rings is 1. The number of nitrogens with zero attached hydrogens (tertiary/aromatic N) is 1. The lowest BCUT2D eigenvalue weighted by molar-refractivity contribution is 0.0697. The molecule has 1 amide bonds. The zero-order chi connectivity index (χ0) is 14.7. The first-order chi connectivity index (χ1) is 9.49. The summed E-state index contributed by atoms with van der Waals surface area (Å²) in [5.41, 5.74) is 0.635. The number of carboxylic acid groups (broad SMARTS) is 1. The van der Waals surface area contributed by atoms with Gasteiger partial charge in [0, 0.05) is 18.2 Å². The number of amides is 1. The standard InChI is InChI=1S/C16H21NO3/c1-11(2)9-14-7-4-8-17(14)15(18)12-5-3-6-13(10-12)16(19)20/h3,5-6,10-11,14H,4,7-9H2,1-2H3,(H,19,20)/t14-/m1/s1. The molecule has 1 fully saturated rings. The fourth-order valence-electron chi connectivity index (χ4n) is 2.84. The van der Waals surface area contributed by atoms with Gasteiger partial charge < -0.3 is 10.0 Å². The van der Waals surface area contributed by atoms with Gasteiger partial charge in [0.1, 0.15) is 0 Å². The molecule has 1 N–H and O–H groups in total. The number of hydrogen-bond acceptors (Lipinski definition) is 2. The van der Waals surface area contributed by atoms with Crippen molar-refractivity contribution in [3.63, 3.8) is 0 Å². The Morgan fingerprint density at radius 1 is 1.35 bits per heavy atom. The molecule has 1 atom stereocenters. The topological polar surface area (TPSA) is 57.6 Å². The average Bonchev–Trinajstić information content (AvgIpc) is 2.85. The summed E-state index contributed by atoms with van der Waals surface area (Å²) in [6.45, 7) is 5.09. The quantitative estimate of drug-likeness (QED) is 0.918. The van der Waals surface area contributed by atoms with E-state index in [4.69, 9.17) is 5.11 Å². The third kappa shape index (κ3) is 3.18. The molecule has 4 nitrogen and oxygen atoms in total. The molecule has 0 aromatic heterocycles. The highest BCUT2D eigenvalue weighted by Gasteiger charge is 2.29. The maximum Gasteiger partial charge on any atom is 0.335 e. The molecular weight excluding hydrogens is 254 g/mol. The predicted molar refractivity (Wildman–Crippen MR) is 76.9 cm³/mol. The van der Waals surface area contributed by atoms with Gasteiger partial charge >= 0.3 is 5.97 Å². The van der Waals surface area contributed by atoms with Crippen molar-refractivity contribution in [3.8, 4) is 0 Å². The highest BCUT2D eigenvalue weighted by Crippen LogP contribution is 2.25. The van der Waals surface area contributed by atoms with Crippen molar-refractivity contribution in [3.05, 3.63) is 35.4 Å². The van der Waals surface area contributed by atoms with Gasteiger partial charge in [-0.25, -0.2) is 4.79 Å². The van der Waals surface area contributed by atoms with Crippen LogP contribution in [-0.2, 0) is 0 Å². The molecule has 0 unspecified atom stereocenters. The van der Waals surface area contributed by atoms with Gasteiger partial charge in [0.05, 0.1) is 5.56 Å². The van der Waals surface area contributed by atoms with Gasteiger partial charge in [-0.15, -0.1) is 0 Å². The number of likely N-dealkylation sites (tertiary alicyclic amines) is 1. The fourth-order valence-corrected chi connectivity index (χ4v) is 2.84. The van der Waals surface area contributed by atoms with Gasteiger partial charge in [0.25, 0.3) is 5.91 Å². The zero-order valence-electron chi connectivity index (χ0n) is 12.0. The number of hydrogen-bond donors (Lipinski definition) is 1. The van der Waals surface area contributed by atoms with Crippen LogP contribution in [0.5, 0.6) is 0 Å². The minimum Gasteiger partial charge on any atom is -0.478 e. The van der Waals surface area contributed by atoms with Crippen molar-refractivity contribution in [2.75, 3.05) is 6.54 Å². The molecular formula is C16H21NO3. The van der Waals surface area contributed by atoms with Crippen LogP contribution >= 0.6 is 0 Å². The highest BCUT2D eigenvalue weighted by molar-refractivity contribution is 5.97. The summed E-state index contributed by atoms with van der Waals surface area (Å²) >= 11 is 0. The van der Waals surface area contributed by atoms with Crippen molar-refractivity contribution in [1.29, 1.82) is 0 Å². The van der Waals surface area contributed by atoms with Crippen molar-refractivity contribution in [2.45, 2.75) is 39.2 Å². The summed E-state index contributed by atoms with van der Waals surface area (Å²) in [6, 6.07) is 6.59. The molecule has 1 aliphatic heterocycles. The van der Waals surface area contributed by atoms with E-state index < -0.39 is 5.97 Å². The summed E-state index contributed by atoms with van der Waals surface area (Å²) in [7, 11) is 0. The lowest BCUT2D eigenvalue weighted by Crippen LogP contribution is -2.36. The van der Waals surface area contributed by atoms with Crippen LogP contribution in [0.3, 0.4) is 0 Å². The molecule has 1 aromatic carbocycles. The maximum atomic E-state index is 12.5. The fraction of sp³-hybridized carbons (Fsp3) is 0.500. The van der Waals surface area contributed by atoms with E-state index in [9.17, 15) is 9.59 Å². The summed E-state index contributed by atoms with van der Waals surface area (Å²) in [6.07, 6.45) is 3.08. The lowest BCUT2D eigenvalue weighted by Gasteiger charge is -2.26. The Hall–Kier alpha value is -1.84.